The molecular formula is C24H49NO5. The Kier molecular flexibility index (Phi) is 20.0. The summed E-state index contributed by atoms with van der Waals surface area (Å²) in [4.78, 5) is 12.0. The van der Waals surface area contributed by atoms with E-state index in [1.54, 1.807) is 0 Å². The molecule has 0 aromatic carbocycles. The molecular weight excluding hydrogens is 382 g/mol. The minimum atomic E-state index is -1.63. The highest BCUT2D eigenvalue weighted by molar-refractivity contribution is 5.84. The fourth-order valence-electron chi connectivity index (χ4n) is 3.75. The highest BCUT2D eigenvalue weighted by Crippen LogP contribution is 2.14. The molecule has 0 bridgehead atoms. The van der Waals surface area contributed by atoms with E-state index >= 15 is 0 Å². The topological polar surface area (TPSA) is 124 Å². The van der Waals surface area contributed by atoms with Crippen LogP contribution in [0.4, 0.5) is 0 Å². The lowest BCUT2D eigenvalue weighted by molar-refractivity contribution is -0.129. The van der Waals surface area contributed by atoms with Gasteiger partial charge in [-0.3, -0.25) is 4.79 Å². The smallest absolute Gasteiger partial charge is 0.152 e. The molecule has 6 nitrogen and oxygen atoms in total. The molecule has 6 heteroatoms. The first-order chi connectivity index (χ1) is 14.5. The Hall–Kier alpha value is -0.530. The van der Waals surface area contributed by atoms with Crippen LogP contribution in [0, 0.1) is 0 Å². The molecule has 4 atom stereocenters. The predicted molar refractivity (Wildman–Crippen MR) is 122 cm³/mol. The number of carbonyl (C=O) groups excluding carboxylic acids is 1. The number of Topliss-reactive ketones (excluding diaryl/α,β-unsaturated/α-hetero) is 1. The number of hydrogen-bond donors (Lipinski definition) is 5. The molecule has 0 aliphatic carbocycles. The molecule has 0 rings (SSSR count). The van der Waals surface area contributed by atoms with Crippen molar-refractivity contribution in [1.29, 1.82) is 0 Å². The van der Waals surface area contributed by atoms with E-state index in [-0.39, 0.29) is 12.2 Å². The second-order valence-electron chi connectivity index (χ2n) is 8.78. The second-order valence-corrected chi connectivity index (χ2v) is 8.78. The third kappa shape index (κ3) is 15.3. The zero-order chi connectivity index (χ0) is 22.6. The Morgan fingerprint density at radius 3 is 1.40 bits per heavy atom. The summed E-state index contributed by atoms with van der Waals surface area (Å²) in [5.74, 6) is -0.322. The molecule has 0 aromatic rings. The average molecular weight is 432 g/mol. The second kappa shape index (κ2) is 20.4. The molecule has 0 radical (unpaired) electrons. The van der Waals surface area contributed by atoms with Crippen molar-refractivity contribution in [2.45, 2.75) is 140 Å². The summed E-state index contributed by atoms with van der Waals surface area (Å²) in [6.45, 7) is 1.56. The van der Waals surface area contributed by atoms with Crippen LogP contribution in [0.3, 0.4) is 0 Å². The molecule has 6 N–H and O–H groups in total. The van der Waals surface area contributed by atoms with Gasteiger partial charge in [0.1, 0.15) is 18.3 Å². The van der Waals surface area contributed by atoms with Gasteiger partial charge in [0.2, 0.25) is 0 Å². The van der Waals surface area contributed by atoms with Crippen molar-refractivity contribution >= 4 is 5.78 Å². The number of ketones is 1. The van der Waals surface area contributed by atoms with Gasteiger partial charge in [-0.2, -0.15) is 0 Å². The van der Waals surface area contributed by atoms with E-state index in [0.717, 1.165) is 19.3 Å². The van der Waals surface area contributed by atoms with E-state index in [2.05, 4.69) is 6.92 Å². The lowest BCUT2D eigenvalue weighted by Crippen LogP contribution is -2.52. The zero-order valence-corrected chi connectivity index (χ0v) is 19.3. The van der Waals surface area contributed by atoms with Crippen molar-refractivity contribution in [3.05, 3.63) is 0 Å². The van der Waals surface area contributed by atoms with Gasteiger partial charge in [0.05, 0.1) is 12.6 Å². The van der Waals surface area contributed by atoms with E-state index in [1.807, 2.05) is 0 Å². The third-order valence-corrected chi connectivity index (χ3v) is 5.95. The van der Waals surface area contributed by atoms with Gasteiger partial charge in [-0.1, -0.05) is 103 Å². The van der Waals surface area contributed by atoms with Gasteiger partial charge < -0.3 is 26.2 Å². The standard InChI is InChI=1S/C24H49NO5/c1-2-3-4-5-6-7-8-9-10-11-12-13-14-15-16-17-18-20(27)22(25)24(30)23(29)21(28)19-26/h21-24,26,28-30H,2-19,25H2,1H3/t21-,22+,23-,24-/m1/s1. The van der Waals surface area contributed by atoms with Crippen LogP contribution in [0.15, 0.2) is 0 Å². The number of carbonyl (C=O) groups is 1. The van der Waals surface area contributed by atoms with Crippen molar-refractivity contribution in [2.24, 2.45) is 5.73 Å². The molecule has 0 amide bonds. The van der Waals surface area contributed by atoms with E-state index in [9.17, 15) is 20.1 Å². The Morgan fingerprint density at radius 2 is 1.03 bits per heavy atom. The molecule has 0 aromatic heterocycles. The largest absolute Gasteiger partial charge is 0.394 e. The summed E-state index contributed by atoms with van der Waals surface area (Å²) in [6.07, 6.45) is 15.8. The lowest BCUT2D eigenvalue weighted by atomic mass is 9.95. The Morgan fingerprint density at radius 1 is 0.667 bits per heavy atom. The summed E-state index contributed by atoms with van der Waals surface area (Å²) < 4.78 is 0. The quantitative estimate of drug-likeness (QED) is 0.167. The summed E-state index contributed by atoms with van der Waals surface area (Å²) in [7, 11) is 0. The SMILES string of the molecule is CCCCCCCCCCCCCCCCCCC(=O)[C@H](N)[C@@H](O)[C@H](O)[C@H](O)CO. The minimum Gasteiger partial charge on any atom is -0.394 e. The Bertz CT molecular complexity index is 394. The highest BCUT2D eigenvalue weighted by Gasteiger charge is 2.32. The van der Waals surface area contributed by atoms with Crippen LogP contribution in [0.25, 0.3) is 0 Å². The summed E-state index contributed by atoms with van der Waals surface area (Å²) >= 11 is 0. The molecule has 30 heavy (non-hydrogen) atoms. The molecule has 0 spiro atoms. The van der Waals surface area contributed by atoms with Crippen LogP contribution in [0.5, 0.6) is 0 Å². The van der Waals surface area contributed by atoms with Crippen molar-refractivity contribution < 1.29 is 25.2 Å². The van der Waals surface area contributed by atoms with Gasteiger partial charge in [-0.05, 0) is 6.42 Å². The average Bonchev–Trinajstić information content (AvgIpc) is 2.76. The highest BCUT2D eigenvalue weighted by atomic mass is 16.4. The summed E-state index contributed by atoms with van der Waals surface area (Å²) in [6, 6.07) is -1.24. The maximum Gasteiger partial charge on any atom is 0.152 e. The fraction of sp³-hybridized carbons (Fsp3) is 0.958. The van der Waals surface area contributed by atoms with Crippen LogP contribution < -0.4 is 5.73 Å². The summed E-state index contributed by atoms with van der Waals surface area (Å²) in [5, 5.41) is 37.6. The van der Waals surface area contributed by atoms with E-state index in [1.165, 1.54) is 83.5 Å². The maximum absolute atomic E-state index is 12.0. The Balaban J connectivity index is 3.48. The van der Waals surface area contributed by atoms with Gasteiger partial charge in [0.25, 0.3) is 0 Å². The van der Waals surface area contributed by atoms with Crippen molar-refractivity contribution in [1.82, 2.24) is 0 Å². The zero-order valence-electron chi connectivity index (χ0n) is 19.3. The molecule has 0 saturated heterocycles. The summed E-state index contributed by atoms with van der Waals surface area (Å²) in [5.41, 5.74) is 5.67. The van der Waals surface area contributed by atoms with Gasteiger partial charge in [0, 0.05) is 6.42 Å². The van der Waals surface area contributed by atoms with Crippen molar-refractivity contribution in [3.63, 3.8) is 0 Å². The van der Waals surface area contributed by atoms with Gasteiger partial charge >= 0.3 is 0 Å². The Labute approximate surface area is 184 Å². The van der Waals surface area contributed by atoms with Crippen LogP contribution in [0.2, 0.25) is 0 Å². The molecule has 0 heterocycles. The fourth-order valence-corrected chi connectivity index (χ4v) is 3.75. The van der Waals surface area contributed by atoms with Crippen LogP contribution >= 0.6 is 0 Å². The maximum atomic E-state index is 12.0. The first-order valence-corrected chi connectivity index (χ1v) is 12.4. The van der Waals surface area contributed by atoms with E-state index in [0.29, 0.717) is 0 Å². The van der Waals surface area contributed by atoms with Gasteiger partial charge in [0.15, 0.2) is 5.78 Å². The van der Waals surface area contributed by atoms with Crippen LogP contribution in [0.1, 0.15) is 116 Å². The number of nitrogens with two attached hydrogens (primary N) is 1. The van der Waals surface area contributed by atoms with Crippen LogP contribution in [-0.4, -0.2) is 57.2 Å². The van der Waals surface area contributed by atoms with Gasteiger partial charge in [-0.15, -0.1) is 0 Å². The monoisotopic (exact) mass is 431 g/mol. The molecule has 0 saturated carbocycles. The molecule has 0 fully saturated rings. The van der Waals surface area contributed by atoms with Crippen molar-refractivity contribution in [2.75, 3.05) is 6.61 Å². The third-order valence-electron chi connectivity index (χ3n) is 5.95. The molecule has 0 unspecified atom stereocenters. The minimum absolute atomic E-state index is 0.263. The van der Waals surface area contributed by atoms with E-state index < -0.39 is 31.0 Å². The van der Waals surface area contributed by atoms with Crippen LogP contribution in [-0.2, 0) is 4.79 Å². The first kappa shape index (κ1) is 29.5. The number of aliphatic hydroxyl groups excluding tert-OH is 4. The normalized spacial score (nSPS) is 15.7. The van der Waals surface area contributed by atoms with Crippen molar-refractivity contribution in [3.8, 4) is 0 Å². The molecule has 180 valence electrons. The predicted octanol–water partition coefficient (Wildman–Crippen LogP) is 3.61. The molecule has 0 aliphatic rings. The van der Waals surface area contributed by atoms with Gasteiger partial charge in [-0.25, -0.2) is 0 Å². The van der Waals surface area contributed by atoms with E-state index in [4.69, 9.17) is 10.8 Å². The lowest BCUT2D eigenvalue weighted by Gasteiger charge is -2.25. The number of hydrogen-bond acceptors (Lipinski definition) is 6. The molecule has 0 aliphatic heterocycles. The number of rotatable bonds is 22. The first-order valence-electron chi connectivity index (χ1n) is 12.4. The number of unbranched alkanes of at least 4 members (excludes halogenated alkanes) is 15. The number of aliphatic hydroxyl groups is 4.